The van der Waals surface area contributed by atoms with Crippen LogP contribution in [0.4, 0.5) is 0 Å². The van der Waals surface area contributed by atoms with Gasteiger partial charge in [-0.2, -0.15) is 0 Å². The van der Waals surface area contributed by atoms with Gasteiger partial charge >= 0.3 is 0 Å². The van der Waals surface area contributed by atoms with Crippen molar-refractivity contribution in [2.24, 2.45) is 0 Å². The average molecular weight is 390 g/mol. The lowest BCUT2D eigenvalue weighted by Gasteiger charge is -2.19. The van der Waals surface area contributed by atoms with Gasteiger partial charge in [-0.3, -0.25) is 0 Å². The Morgan fingerprint density at radius 2 is 1.64 bits per heavy atom. The third-order valence-electron chi connectivity index (χ3n) is 4.26. The van der Waals surface area contributed by atoms with Gasteiger partial charge in [0.05, 0.1) is 10.6 Å². The Bertz CT molecular complexity index is 814. The number of hydrogen-bond donors (Lipinski definition) is 1. The third kappa shape index (κ3) is 4.43. The lowest BCUT2D eigenvalue weighted by Crippen LogP contribution is -2.38. The zero-order chi connectivity index (χ0) is 17.9. The van der Waals surface area contributed by atoms with Gasteiger partial charge in [-0.1, -0.05) is 12.8 Å². The van der Waals surface area contributed by atoms with Crippen molar-refractivity contribution in [2.45, 2.75) is 30.6 Å². The maximum absolute atomic E-state index is 12.4. The molecule has 2 aliphatic rings. The van der Waals surface area contributed by atoms with Gasteiger partial charge in [0, 0.05) is 25.7 Å². The van der Waals surface area contributed by atoms with Crippen molar-refractivity contribution >= 4 is 20.0 Å². The Balaban J connectivity index is 1.60. The number of ether oxygens (including phenoxy) is 2. The number of nitrogens with one attached hydrogen (secondary N) is 1. The predicted molar refractivity (Wildman–Crippen MR) is 91.6 cm³/mol. The normalized spacial score (nSPS) is 18.9. The molecule has 0 bridgehead atoms. The van der Waals surface area contributed by atoms with Crippen molar-refractivity contribution in [1.29, 1.82) is 0 Å². The molecule has 0 unspecified atom stereocenters. The highest BCUT2D eigenvalue weighted by Crippen LogP contribution is 2.33. The van der Waals surface area contributed by atoms with Crippen LogP contribution in [0.25, 0.3) is 0 Å². The molecule has 0 radical (unpaired) electrons. The van der Waals surface area contributed by atoms with Gasteiger partial charge in [-0.05, 0) is 25.0 Å². The summed E-state index contributed by atoms with van der Waals surface area (Å²) in [4.78, 5) is 0.0175. The maximum atomic E-state index is 12.4. The molecule has 0 atom stereocenters. The molecule has 140 valence electrons. The monoisotopic (exact) mass is 390 g/mol. The van der Waals surface area contributed by atoms with Gasteiger partial charge < -0.3 is 9.47 Å². The van der Waals surface area contributed by atoms with Crippen LogP contribution in [0.2, 0.25) is 0 Å². The Morgan fingerprint density at radius 1 is 0.960 bits per heavy atom. The number of rotatable bonds is 6. The molecule has 10 heteroatoms. The Labute approximate surface area is 148 Å². The van der Waals surface area contributed by atoms with Gasteiger partial charge in [0.15, 0.2) is 11.5 Å². The van der Waals surface area contributed by atoms with Gasteiger partial charge in [0.1, 0.15) is 0 Å². The van der Waals surface area contributed by atoms with E-state index in [2.05, 4.69) is 4.72 Å². The molecule has 0 amide bonds. The fourth-order valence-electron chi connectivity index (χ4n) is 2.88. The second-order valence-electron chi connectivity index (χ2n) is 6.04. The molecule has 1 aromatic rings. The Morgan fingerprint density at radius 3 is 2.36 bits per heavy atom. The van der Waals surface area contributed by atoms with Crippen LogP contribution in [0.15, 0.2) is 23.1 Å². The van der Waals surface area contributed by atoms with Gasteiger partial charge in [-0.25, -0.2) is 25.9 Å². The maximum Gasteiger partial charge on any atom is 0.240 e. The molecular weight excluding hydrogens is 368 g/mol. The standard InChI is InChI=1S/C15H22N2O6S2/c18-24(19,17-8-3-1-2-4-9-17)10-7-16-25(20,21)13-5-6-14-15(11-13)23-12-22-14/h5-6,11,16H,1-4,7-10,12H2. The lowest BCUT2D eigenvalue weighted by molar-refractivity contribution is 0.174. The first kappa shape index (κ1) is 18.4. The molecule has 2 aliphatic heterocycles. The van der Waals surface area contributed by atoms with Crippen LogP contribution in [0, 0.1) is 0 Å². The highest BCUT2D eigenvalue weighted by molar-refractivity contribution is 7.90. The first-order chi connectivity index (χ1) is 11.9. The molecule has 25 heavy (non-hydrogen) atoms. The molecule has 0 spiro atoms. The van der Waals surface area contributed by atoms with E-state index in [1.807, 2.05) is 0 Å². The summed E-state index contributed by atoms with van der Waals surface area (Å²) in [6, 6.07) is 4.29. The number of sulfonamides is 2. The number of benzene rings is 1. The van der Waals surface area contributed by atoms with Crippen molar-refractivity contribution < 1.29 is 26.3 Å². The van der Waals surface area contributed by atoms with Crippen LogP contribution in [0.1, 0.15) is 25.7 Å². The Kier molecular flexibility index (Phi) is 5.52. The van der Waals surface area contributed by atoms with E-state index < -0.39 is 20.0 Å². The smallest absolute Gasteiger partial charge is 0.240 e. The van der Waals surface area contributed by atoms with Crippen molar-refractivity contribution in [1.82, 2.24) is 9.03 Å². The molecule has 3 rings (SSSR count). The van der Waals surface area contributed by atoms with E-state index in [1.165, 1.54) is 22.5 Å². The SMILES string of the molecule is O=S(=O)(NCCS(=O)(=O)N1CCCCCC1)c1ccc2c(c1)OCO2. The van der Waals surface area contributed by atoms with Crippen LogP contribution in [0.3, 0.4) is 0 Å². The summed E-state index contributed by atoms with van der Waals surface area (Å²) >= 11 is 0. The van der Waals surface area contributed by atoms with Crippen molar-refractivity contribution in [3.63, 3.8) is 0 Å². The molecule has 1 saturated heterocycles. The number of fused-ring (bicyclic) bond motifs is 1. The molecule has 1 aromatic carbocycles. The predicted octanol–water partition coefficient (Wildman–Crippen LogP) is 0.899. The summed E-state index contributed by atoms with van der Waals surface area (Å²) in [6.45, 7) is 0.907. The topological polar surface area (TPSA) is 102 Å². The van der Waals surface area contributed by atoms with Crippen molar-refractivity contribution in [3.8, 4) is 11.5 Å². The summed E-state index contributed by atoms with van der Waals surface area (Å²) in [7, 11) is -7.27. The number of nitrogens with zero attached hydrogens (tertiary/aromatic N) is 1. The lowest BCUT2D eigenvalue weighted by atomic mass is 10.2. The third-order valence-corrected chi connectivity index (χ3v) is 7.60. The molecule has 0 aliphatic carbocycles. The molecular formula is C15H22N2O6S2. The molecule has 1 N–H and O–H groups in total. The quantitative estimate of drug-likeness (QED) is 0.774. The highest BCUT2D eigenvalue weighted by Gasteiger charge is 2.24. The molecule has 2 heterocycles. The van der Waals surface area contributed by atoms with E-state index in [1.54, 1.807) is 0 Å². The minimum Gasteiger partial charge on any atom is -0.454 e. The zero-order valence-corrected chi connectivity index (χ0v) is 15.4. The summed E-state index contributed by atoms with van der Waals surface area (Å²) in [5, 5.41) is 0. The van der Waals surface area contributed by atoms with Crippen LogP contribution in [-0.4, -0.2) is 53.3 Å². The fourth-order valence-corrected chi connectivity index (χ4v) is 5.49. The van der Waals surface area contributed by atoms with Crippen LogP contribution >= 0.6 is 0 Å². The van der Waals surface area contributed by atoms with Crippen molar-refractivity contribution in [3.05, 3.63) is 18.2 Å². The largest absolute Gasteiger partial charge is 0.454 e. The first-order valence-corrected chi connectivity index (χ1v) is 11.3. The fraction of sp³-hybridized carbons (Fsp3) is 0.600. The van der Waals surface area contributed by atoms with Gasteiger partial charge in [-0.15, -0.1) is 0 Å². The van der Waals surface area contributed by atoms with E-state index in [9.17, 15) is 16.8 Å². The Hall–Kier alpha value is -1.36. The first-order valence-electron chi connectivity index (χ1n) is 8.26. The molecule has 0 aromatic heterocycles. The highest BCUT2D eigenvalue weighted by atomic mass is 32.2. The van der Waals surface area contributed by atoms with E-state index >= 15 is 0 Å². The zero-order valence-electron chi connectivity index (χ0n) is 13.8. The van der Waals surface area contributed by atoms with Gasteiger partial charge in [0.25, 0.3) is 0 Å². The van der Waals surface area contributed by atoms with Gasteiger partial charge in [0.2, 0.25) is 26.8 Å². The van der Waals surface area contributed by atoms with E-state index in [0.29, 0.717) is 24.6 Å². The molecule has 1 fully saturated rings. The minimum absolute atomic E-state index is 0.0175. The van der Waals surface area contributed by atoms with E-state index in [4.69, 9.17) is 9.47 Å². The average Bonchev–Trinajstić information content (AvgIpc) is 2.85. The number of hydrogen-bond acceptors (Lipinski definition) is 6. The summed E-state index contributed by atoms with van der Waals surface area (Å²) in [6.07, 6.45) is 3.76. The second kappa shape index (κ2) is 7.48. The molecule has 8 nitrogen and oxygen atoms in total. The minimum atomic E-state index is -3.81. The summed E-state index contributed by atoms with van der Waals surface area (Å²) in [5.74, 6) is 0.597. The van der Waals surface area contributed by atoms with Crippen LogP contribution in [0.5, 0.6) is 11.5 Å². The summed E-state index contributed by atoms with van der Waals surface area (Å²) in [5.41, 5.74) is 0. The van der Waals surface area contributed by atoms with Crippen LogP contribution in [-0.2, 0) is 20.0 Å². The second-order valence-corrected chi connectivity index (χ2v) is 9.90. The van der Waals surface area contributed by atoms with E-state index in [-0.39, 0.29) is 24.0 Å². The molecule has 0 saturated carbocycles. The van der Waals surface area contributed by atoms with Crippen LogP contribution < -0.4 is 14.2 Å². The van der Waals surface area contributed by atoms with Crippen molar-refractivity contribution in [2.75, 3.05) is 32.2 Å². The summed E-state index contributed by atoms with van der Waals surface area (Å²) < 4.78 is 63.5. The van der Waals surface area contributed by atoms with E-state index in [0.717, 1.165) is 25.7 Å².